The monoisotopic (exact) mass is 455 g/mol. The van der Waals surface area contributed by atoms with Crippen molar-refractivity contribution in [3.63, 3.8) is 0 Å². The number of nitrogens with zero attached hydrogens (tertiary/aromatic N) is 1. The molecule has 2 saturated heterocycles. The van der Waals surface area contributed by atoms with Gasteiger partial charge in [0.05, 0.1) is 17.7 Å². The summed E-state index contributed by atoms with van der Waals surface area (Å²) in [6.45, 7) is 2.23. The van der Waals surface area contributed by atoms with E-state index >= 15 is 0 Å². The number of β-lactam (4-membered cyclic amide) rings is 1. The topological polar surface area (TPSA) is 123 Å². The third-order valence-corrected chi connectivity index (χ3v) is 5.91. The van der Waals surface area contributed by atoms with E-state index in [1.807, 2.05) is 0 Å². The number of rotatable bonds is 6. The molecule has 0 aliphatic carbocycles. The first-order valence-electron chi connectivity index (χ1n) is 10.5. The van der Waals surface area contributed by atoms with Gasteiger partial charge in [0.25, 0.3) is 5.91 Å². The Kier molecular flexibility index (Phi) is 5.96. The number of ether oxygens (including phenoxy) is 3. The predicted octanol–water partition coefficient (Wildman–Crippen LogP) is 1.14. The zero-order valence-electron chi connectivity index (χ0n) is 18.2. The van der Waals surface area contributed by atoms with Gasteiger partial charge in [0.1, 0.15) is 24.4 Å². The van der Waals surface area contributed by atoms with Crippen LogP contribution in [0.15, 0.2) is 60.7 Å². The summed E-state index contributed by atoms with van der Waals surface area (Å²) >= 11 is 0. The Labute approximate surface area is 190 Å². The van der Waals surface area contributed by atoms with Crippen LogP contribution in [0.25, 0.3) is 0 Å². The van der Waals surface area contributed by atoms with E-state index in [9.17, 15) is 24.6 Å². The summed E-state index contributed by atoms with van der Waals surface area (Å²) in [7, 11) is 0. The molecule has 4 atom stereocenters. The molecule has 2 N–H and O–H groups in total. The van der Waals surface area contributed by atoms with Crippen molar-refractivity contribution >= 4 is 17.8 Å². The summed E-state index contributed by atoms with van der Waals surface area (Å²) in [5, 5.41) is 21.2. The van der Waals surface area contributed by atoms with Crippen LogP contribution in [0.1, 0.15) is 34.6 Å². The molecule has 2 aromatic carbocycles. The Hall–Kier alpha value is -3.27. The molecule has 2 fully saturated rings. The lowest BCUT2D eigenvalue weighted by atomic mass is 9.75. The van der Waals surface area contributed by atoms with Gasteiger partial charge in [-0.25, -0.2) is 9.59 Å². The third kappa shape index (κ3) is 4.10. The van der Waals surface area contributed by atoms with Crippen LogP contribution in [0, 0.1) is 0 Å². The molecule has 1 amide bonds. The van der Waals surface area contributed by atoms with Crippen LogP contribution < -0.4 is 0 Å². The Morgan fingerprint density at radius 1 is 1.06 bits per heavy atom. The van der Waals surface area contributed by atoms with Gasteiger partial charge in [-0.3, -0.25) is 4.79 Å². The van der Waals surface area contributed by atoms with E-state index in [0.29, 0.717) is 11.1 Å². The first kappa shape index (κ1) is 22.9. The van der Waals surface area contributed by atoms with Gasteiger partial charge in [0.15, 0.2) is 6.23 Å². The SMILES string of the molecule is CC(C)(O)C1(O)C(=O)N2C[C@H](OC(=O)c3ccccc3)[C@@H](COC(=O)c3ccccc3)O[C@H]21. The molecular formula is C24H25NO8. The average molecular weight is 455 g/mol. The van der Waals surface area contributed by atoms with Crippen molar-refractivity contribution in [1.82, 2.24) is 4.90 Å². The Morgan fingerprint density at radius 2 is 1.61 bits per heavy atom. The molecule has 2 aromatic rings. The van der Waals surface area contributed by atoms with Crippen LogP contribution in [0.2, 0.25) is 0 Å². The molecule has 0 saturated carbocycles. The number of carbonyl (C=O) groups excluding carboxylic acids is 3. The number of hydrogen-bond donors (Lipinski definition) is 2. The largest absolute Gasteiger partial charge is 0.459 e. The number of amides is 1. The van der Waals surface area contributed by atoms with E-state index in [-0.39, 0.29) is 13.2 Å². The van der Waals surface area contributed by atoms with Gasteiger partial charge < -0.3 is 29.3 Å². The van der Waals surface area contributed by atoms with E-state index in [1.54, 1.807) is 60.7 Å². The van der Waals surface area contributed by atoms with E-state index in [2.05, 4.69) is 0 Å². The minimum Gasteiger partial charge on any atom is -0.459 e. The molecule has 2 aliphatic rings. The Balaban J connectivity index is 1.53. The quantitative estimate of drug-likeness (QED) is 0.491. The Bertz CT molecular complexity index is 1040. The lowest BCUT2D eigenvalue weighted by molar-refractivity contribution is -0.324. The number of carbonyl (C=O) groups is 3. The van der Waals surface area contributed by atoms with Crippen molar-refractivity contribution in [2.45, 2.75) is 43.5 Å². The van der Waals surface area contributed by atoms with E-state index in [0.717, 1.165) is 0 Å². The van der Waals surface area contributed by atoms with Crippen LogP contribution in [0.4, 0.5) is 0 Å². The maximum absolute atomic E-state index is 12.6. The molecule has 33 heavy (non-hydrogen) atoms. The highest BCUT2D eigenvalue weighted by atomic mass is 16.6. The second-order valence-electron chi connectivity index (χ2n) is 8.58. The lowest BCUT2D eigenvalue weighted by Crippen LogP contribution is -2.85. The highest BCUT2D eigenvalue weighted by molar-refractivity contribution is 5.94. The number of fused-ring (bicyclic) bond motifs is 1. The molecule has 9 heteroatoms. The molecule has 0 aromatic heterocycles. The maximum Gasteiger partial charge on any atom is 0.338 e. The average Bonchev–Trinajstić information content (AvgIpc) is 2.82. The second-order valence-corrected chi connectivity index (χ2v) is 8.58. The minimum atomic E-state index is -2.18. The van der Waals surface area contributed by atoms with Gasteiger partial charge in [-0.1, -0.05) is 36.4 Å². The number of esters is 2. The minimum absolute atomic E-state index is 0.0893. The van der Waals surface area contributed by atoms with Gasteiger partial charge in [-0.15, -0.1) is 0 Å². The number of hydrogen-bond acceptors (Lipinski definition) is 8. The third-order valence-electron chi connectivity index (χ3n) is 5.91. The van der Waals surface area contributed by atoms with Gasteiger partial charge >= 0.3 is 11.9 Å². The van der Waals surface area contributed by atoms with Gasteiger partial charge in [0, 0.05) is 0 Å². The molecule has 0 spiro atoms. The van der Waals surface area contributed by atoms with E-state index < -0.39 is 47.5 Å². The summed E-state index contributed by atoms with van der Waals surface area (Å²) < 4.78 is 16.8. The van der Waals surface area contributed by atoms with Crippen LogP contribution in [0.5, 0.6) is 0 Å². The first-order valence-corrected chi connectivity index (χ1v) is 10.5. The summed E-state index contributed by atoms with van der Waals surface area (Å²) in [6, 6.07) is 16.6. The molecule has 2 aliphatic heterocycles. The van der Waals surface area contributed by atoms with Gasteiger partial charge in [-0.2, -0.15) is 0 Å². The fraction of sp³-hybridized carbons (Fsp3) is 0.375. The van der Waals surface area contributed by atoms with Crippen LogP contribution in [0.3, 0.4) is 0 Å². The van der Waals surface area contributed by atoms with Crippen molar-refractivity contribution in [2.24, 2.45) is 0 Å². The molecule has 2 heterocycles. The van der Waals surface area contributed by atoms with Crippen LogP contribution >= 0.6 is 0 Å². The predicted molar refractivity (Wildman–Crippen MR) is 114 cm³/mol. The molecule has 174 valence electrons. The van der Waals surface area contributed by atoms with E-state index in [1.165, 1.54) is 18.7 Å². The standard InChI is InChI=1S/C24H25NO8/c1-23(2,29)24(30)21(28)25-13-17(32-20(27)16-11-7-4-8-12-16)18(33-22(24)25)14-31-19(26)15-9-5-3-6-10-15/h3-12,17-18,22,29-30H,13-14H2,1-2H3/t17-,18+,22-,24?/m0/s1. The van der Waals surface area contributed by atoms with Crippen LogP contribution in [-0.4, -0.2) is 75.7 Å². The van der Waals surface area contributed by atoms with Crippen LogP contribution in [-0.2, 0) is 19.0 Å². The first-order chi connectivity index (χ1) is 15.6. The number of aliphatic hydroxyl groups is 2. The smallest absolute Gasteiger partial charge is 0.338 e. The van der Waals surface area contributed by atoms with Crippen molar-refractivity contribution in [3.05, 3.63) is 71.8 Å². The normalized spacial score (nSPS) is 26.7. The summed E-state index contributed by atoms with van der Waals surface area (Å²) in [5.74, 6) is -1.97. The van der Waals surface area contributed by atoms with Crippen molar-refractivity contribution < 1.29 is 38.8 Å². The lowest BCUT2D eigenvalue weighted by Gasteiger charge is -2.60. The molecule has 0 bridgehead atoms. The zero-order chi connectivity index (χ0) is 23.8. The zero-order valence-corrected chi connectivity index (χ0v) is 18.2. The number of benzene rings is 2. The summed E-state index contributed by atoms with van der Waals surface area (Å²) in [6.07, 6.45) is -3.13. The fourth-order valence-electron chi connectivity index (χ4n) is 3.92. The molecule has 0 radical (unpaired) electrons. The maximum atomic E-state index is 12.6. The fourth-order valence-corrected chi connectivity index (χ4v) is 3.92. The summed E-state index contributed by atoms with van der Waals surface area (Å²) in [4.78, 5) is 38.8. The Morgan fingerprint density at radius 3 is 2.15 bits per heavy atom. The highest BCUT2D eigenvalue weighted by Crippen LogP contribution is 2.43. The molecular weight excluding hydrogens is 430 g/mol. The van der Waals surface area contributed by atoms with Gasteiger partial charge in [0.2, 0.25) is 5.60 Å². The van der Waals surface area contributed by atoms with Crippen molar-refractivity contribution in [1.29, 1.82) is 0 Å². The molecule has 9 nitrogen and oxygen atoms in total. The van der Waals surface area contributed by atoms with E-state index in [4.69, 9.17) is 14.2 Å². The van der Waals surface area contributed by atoms with Gasteiger partial charge in [-0.05, 0) is 38.1 Å². The highest BCUT2D eigenvalue weighted by Gasteiger charge is 2.70. The molecule has 1 unspecified atom stereocenters. The second kappa shape index (κ2) is 8.58. The van der Waals surface area contributed by atoms with Crippen molar-refractivity contribution in [2.75, 3.05) is 13.2 Å². The van der Waals surface area contributed by atoms with Crippen molar-refractivity contribution in [3.8, 4) is 0 Å². The summed E-state index contributed by atoms with van der Waals surface area (Å²) in [5.41, 5.74) is -3.32. The molecule has 4 rings (SSSR count).